The van der Waals surface area contributed by atoms with Crippen LogP contribution in [0.15, 0.2) is 30.3 Å². The molecule has 3 heteroatoms. The van der Waals surface area contributed by atoms with E-state index in [9.17, 15) is 0 Å². The third-order valence-electron chi connectivity index (χ3n) is 4.93. The third-order valence-corrected chi connectivity index (χ3v) is 47.5. The Morgan fingerprint density at radius 3 is 1.50 bits per heavy atom. The van der Waals surface area contributed by atoms with E-state index in [1.165, 1.54) is 0 Å². The standard InChI is InChI=1S/C13H26Si3/c1-14(2,3)16(6,7)15(4,5)13-11-9-8-10-12-13/h8-12H,1-7H3. The van der Waals surface area contributed by atoms with Crippen LogP contribution in [0.5, 0.6) is 0 Å². The molecule has 0 spiro atoms. The summed E-state index contributed by atoms with van der Waals surface area (Å²) in [5.41, 5.74) is 0. The van der Waals surface area contributed by atoms with Crippen molar-refractivity contribution in [1.29, 1.82) is 0 Å². The average molecular weight is 267 g/mol. The van der Waals surface area contributed by atoms with Gasteiger partial charge in [0.1, 0.15) is 0 Å². The van der Waals surface area contributed by atoms with Gasteiger partial charge in [-0.3, -0.25) is 0 Å². The molecular formula is C13H26Si3. The number of rotatable bonds is 3. The number of hydrogen-bond donors (Lipinski definition) is 0. The molecular weight excluding hydrogens is 240 g/mol. The van der Waals surface area contributed by atoms with Crippen molar-refractivity contribution in [3.8, 4) is 0 Å². The van der Waals surface area contributed by atoms with Gasteiger partial charge in [-0.25, -0.2) is 0 Å². The maximum Gasteiger partial charge on any atom is 0.0713 e. The molecule has 0 aliphatic rings. The molecule has 0 aromatic heterocycles. The van der Waals surface area contributed by atoms with Gasteiger partial charge < -0.3 is 0 Å². The lowest BCUT2D eigenvalue weighted by Crippen LogP contribution is -2.73. The lowest BCUT2D eigenvalue weighted by atomic mass is 10.4. The monoisotopic (exact) mass is 266 g/mol. The van der Waals surface area contributed by atoms with Gasteiger partial charge in [-0.05, 0) is 0 Å². The second kappa shape index (κ2) is 4.27. The van der Waals surface area contributed by atoms with Crippen LogP contribution in [0.2, 0.25) is 45.8 Å². The SMILES string of the molecule is C[Si](C)(C)[Si](C)(C)[Si](C)(C)c1ccccc1. The largest absolute Gasteiger partial charge is 0.0728 e. The minimum Gasteiger partial charge on any atom is -0.0728 e. The van der Waals surface area contributed by atoms with Crippen LogP contribution in [0, 0.1) is 0 Å². The van der Waals surface area contributed by atoms with Crippen molar-refractivity contribution in [2.45, 2.75) is 45.8 Å². The van der Waals surface area contributed by atoms with Crippen LogP contribution < -0.4 is 5.19 Å². The van der Waals surface area contributed by atoms with E-state index < -0.39 is 22.3 Å². The summed E-state index contributed by atoms with van der Waals surface area (Å²) in [7, 11) is -3.34. The molecule has 0 amide bonds. The van der Waals surface area contributed by atoms with Crippen LogP contribution in [0.1, 0.15) is 0 Å². The van der Waals surface area contributed by atoms with Gasteiger partial charge >= 0.3 is 0 Å². The Kier molecular flexibility index (Phi) is 3.72. The highest BCUT2D eigenvalue weighted by molar-refractivity contribution is 7.70. The summed E-state index contributed by atoms with van der Waals surface area (Å²) in [4.78, 5) is 0. The Morgan fingerprint density at radius 1 is 0.688 bits per heavy atom. The zero-order valence-electron chi connectivity index (χ0n) is 11.9. The van der Waals surface area contributed by atoms with E-state index in [-0.39, 0.29) is 0 Å². The summed E-state index contributed by atoms with van der Waals surface area (Å²) in [6, 6.07) is 11.3. The summed E-state index contributed by atoms with van der Waals surface area (Å²) in [6.07, 6.45) is 0. The van der Waals surface area contributed by atoms with Gasteiger partial charge in [-0.2, -0.15) is 0 Å². The number of hydrogen-bond acceptors (Lipinski definition) is 0. The van der Waals surface area contributed by atoms with Crippen molar-refractivity contribution in [2.24, 2.45) is 0 Å². The Hall–Kier alpha value is -0.129. The Bertz CT molecular complexity index is 347. The normalized spacial score (nSPS) is 13.9. The lowest BCUT2D eigenvalue weighted by molar-refractivity contribution is 1.69. The topological polar surface area (TPSA) is 0 Å². The molecule has 0 saturated heterocycles. The highest BCUT2D eigenvalue weighted by Gasteiger charge is 2.50. The molecule has 0 atom stereocenters. The molecule has 0 N–H and O–H groups in total. The fourth-order valence-electron chi connectivity index (χ4n) is 2.15. The van der Waals surface area contributed by atoms with Crippen LogP contribution in [-0.2, 0) is 0 Å². The molecule has 16 heavy (non-hydrogen) atoms. The molecule has 0 aliphatic carbocycles. The molecule has 90 valence electrons. The van der Waals surface area contributed by atoms with E-state index >= 15 is 0 Å². The summed E-state index contributed by atoms with van der Waals surface area (Å²) in [5, 5.41) is 1.66. The third kappa shape index (κ3) is 2.26. The van der Waals surface area contributed by atoms with E-state index in [0.29, 0.717) is 0 Å². The Balaban J connectivity index is 3.22. The maximum absolute atomic E-state index is 2.64. The summed E-state index contributed by atoms with van der Waals surface area (Å²) >= 11 is 0. The predicted octanol–water partition coefficient (Wildman–Crippen LogP) is 3.81. The first-order valence-electron chi connectivity index (χ1n) is 6.16. The molecule has 0 fully saturated rings. The molecule has 1 aromatic rings. The van der Waals surface area contributed by atoms with Crippen LogP contribution in [0.25, 0.3) is 0 Å². The van der Waals surface area contributed by atoms with E-state index in [1.807, 2.05) is 0 Å². The van der Waals surface area contributed by atoms with E-state index in [0.717, 1.165) is 0 Å². The smallest absolute Gasteiger partial charge is 0.0713 e. The molecule has 0 saturated carbocycles. The molecule has 0 unspecified atom stereocenters. The molecule has 1 rings (SSSR count). The van der Waals surface area contributed by atoms with Crippen molar-refractivity contribution in [3.63, 3.8) is 0 Å². The second-order valence-electron chi connectivity index (χ2n) is 6.87. The molecule has 0 radical (unpaired) electrons. The fourth-order valence-corrected chi connectivity index (χ4v) is 32.2. The minimum atomic E-state index is -1.24. The van der Waals surface area contributed by atoms with Crippen LogP contribution in [0.4, 0.5) is 0 Å². The van der Waals surface area contributed by atoms with Crippen molar-refractivity contribution >= 4 is 27.5 Å². The van der Waals surface area contributed by atoms with Gasteiger partial charge in [-0.15, -0.1) is 0 Å². The summed E-state index contributed by atoms with van der Waals surface area (Å²) in [6.45, 7) is 18.2. The quantitative estimate of drug-likeness (QED) is 0.730. The van der Waals surface area contributed by atoms with Gasteiger partial charge in [0.05, 0.1) is 7.59 Å². The van der Waals surface area contributed by atoms with E-state index in [2.05, 4.69) is 76.2 Å². The fraction of sp³-hybridized carbons (Fsp3) is 0.538. The average Bonchev–Trinajstić information content (AvgIpc) is 2.17. The predicted molar refractivity (Wildman–Crippen MR) is 84.4 cm³/mol. The number of benzene rings is 1. The van der Waals surface area contributed by atoms with E-state index in [1.54, 1.807) is 5.19 Å². The first kappa shape index (κ1) is 13.9. The molecule has 0 heterocycles. The first-order valence-corrected chi connectivity index (χ1v) is 17.7. The highest BCUT2D eigenvalue weighted by atomic mass is 29.6. The molecule has 1 aromatic carbocycles. The molecule has 0 aliphatic heterocycles. The van der Waals surface area contributed by atoms with Crippen molar-refractivity contribution < 1.29 is 0 Å². The van der Waals surface area contributed by atoms with E-state index in [4.69, 9.17) is 0 Å². The van der Waals surface area contributed by atoms with Gasteiger partial charge in [-0.1, -0.05) is 81.3 Å². The van der Waals surface area contributed by atoms with Gasteiger partial charge in [0.15, 0.2) is 0 Å². The summed E-state index contributed by atoms with van der Waals surface area (Å²) < 4.78 is 0. The molecule has 0 nitrogen and oxygen atoms in total. The minimum absolute atomic E-state index is 1.00. The lowest BCUT2D eigenvalue weighted by Gasteiger charge is -2.47. The van der Waals surface area contributed by atoms with Crippen molar-refractivity contribution in [3.05, 3.63) is 30.3 Å². The Labute approximate surface area is 104 Å². The molecule has 0 bridgehead atoms. The highest BCUT2D eigenvalue weighted by Crippen LogP contribution is 2.28. The van der Waals surface area contributed by atoms with Crippen LogP contribution in [-0.4, -0.2) is 22.3 Å². The zero-order valence-corrected chi connectivity index (χ0v) is 14.9. The Morgan fingerprint density at radius 2 is 1.12 bits per heavy atom. The zero-order chi connectivity index (χ0) is 12.6. The maximum atomic E-state index is 2.64. The first-order chi connectivity index (χ1) is 7.11. The second-order valence-corrected chi connectivity index (χ2v) is 35.7. The van der Waals surface area contributed by atoms with Gasteiger partial charge in [0.25, 0.3) is 0 Å². The summed E-state index contributed by atoms with van der Waals surface area (Å²) in [5.74, 6) is 0. The van der Waals surface area contributed by atoms with Gasteiger partial charge in [0, 0.05) is 14.7 Å². The van der Waals surface area contributed by atoms with Crippen LogP contribution in [0.3, 0.4) is 0 Å². The van der Waals surface area contributed by atoms with Crippen molar-refractivity contribution in [1.82, 2.24) is 0 Å². The van der Waals surface area contributed by atoms with Crippen molar-refractivity contribution in [2.75, 3.05) is 0 Å². The van der Waals surface area contributed by atoms with Crippen LogP contribution >= 0.6 is 0 Å². The van der Waals surface area contributed by atoms with Gasteiger partial charge in [0.2, 0.25) is 0 Å².